The van der Waals surface area contributed by atoms with E-state index >= 15 is 0 Å². The van der Waals surface area contributed by atoms with E-state index in [4.69, 9.17) is 16.8 Å². The van der Waals surface area contributed by atoms with Gasteiger partial charge in [-0.2, -0.15) is 0 Å². The lowest BCUT2D eigenvalue weighted by atomic mass is 9.78. The second kappa shape index (κ2) is 5.29. The molecule has 0 aromatic heterocycles. The van der Waals surface area contributed by atoms with Crippen LogP contribution in [0, 0.1) is 6.92 Å². The molecule has 1 N–H and O–H groups in total. The van der Waals surface area contributed by atoms with Crippen LogP contribution in [0.4, 0.5) is 0 Å². The molecule has 20 heavy (non-hydrogen) atoms. The minimum absolute atomic E-state index is 0.340. The highest BCUT2D eigenvalue weighted by molar-refractivity contribution is 6.31. The number of oxime groups is 1. The van der Waals surface area contributed by atoms with Gasteiger partial charge in [-0.05, 0) is 42.5 Å². The molecule has 1 aliphatic carbocycles. The van der Waals surface area contributed by atoms with E-state index in [1.807, 2.05) is 31.2 Å². The van der Waals surface area contributed by atoms with Crippen LogP contribution in [0.3, 0.4) is 0 Å². The second-order valence-electron chi connectivity index (χ2n) is 5.23. The maximum absolute atomic E-state index is 9.15. The average molecular weight is 286 g/mol. The average Bonchev–Trinajstić information content (AvgIpc) is 2.49. The number of rotatable bonds is 1. The fourth-order valence-corrected chi connectivity index (χ4v) is 3.09. The number of nitrogens with zero attached hydrogens (tertiary/aromatic N) is 1. The van der Waals surface area contributed by atoms with Crippen LogP contribution in [0.5, 0.6) is 0 Å². The van der Waals surface area contributed by atoms with Gasteiger partial charge in [-0.25, -0.2) is 0 Å². The summed E-state index contributed by atoms with van der Waals surface area (Å²) in [7, 11) is 0. The molecule has 0 aliphatic heterocycles. The van der Waals surface area contributed by atoms with Gasteiger partial charge < -0.3 is 5.21 Å². The molecule has 2 aromatic carbocycles. The largest absolute Gasteiger partial charge is 0.411 e. The van der Waals surface area contributed by atoms with E-state index in [-0.39, 0.29) is 0 Å². The highest BCUT2D eigenvalue weighted by Gasteiger charge is 2.25. The summed E-state index contributed by atoms with van der Waals surface area (Å²) in [5, 5.41) is 13.4. The minimum Gasteiger partial charge on any atom is -0.411 e. The van der Waals surface area contributed by atoms with Crippen LogP contribution in [-0.2, 0) is 0 Å². The van der Waals surface area contributed by atoms with Gasteiger partial charge in [0, 0.05) is 16.5 Å². The lowest BCUT2D eigenvalue weighted by molar-refractivity contribution is 0.317. The van der Waals surface area contributed by atoms with Crippen molar-refractivity contribution in [3.63, 3.8) is 0 Å². The Morgan fingerprint density at radius 1 is 1.20 bits per heavy atom. The van der Waals surface area contributed by atoms with Gasteiger partial charge in [0.05, 0.1) is 5.71 Å². The molecule has 0 heterocycles. The summed E-state index contributed by atoms with van der Waals surface area (Å²) in [6.45, 7) is 2.03. The van der Waals surface area contributed by atoms with Crippen LogP contribution in [0.1, 0.15) is 41.0 Å². The molecule has 1 aliphatic rings. The number of aryl methyl sites for hydroxylation is 1. The monoisotopic (exact) mass is 285 g/mol. The SMILES string of the molecule is Cc1cc([C@@H]2CC/C(=N\O)c3ccccc32)ccc1Cl. The Bertz CT molecular complexity index is 678. The molecule has 3 heteroatoms. The van der Waals surface area contributed by atoms with Gasteiger partial charge >= 0.3 is 0 Å². The number of fused-ring (bicyclic) bond motifs is 1. The number of benzene rings is 2. The number of hydrogen-bond acceptors (Lipinski definition) is 2. The molecule has 0 fully saturated rings. The molecular formula is C17H16ClNO. The van der Waals surface area contributed by atoms with Crippen LogP contribution in [0.15, 0.2) is 47.6 Å². The highest BCUT2D eigenvalue weighted by atomic mass is 35.5. The molecule has 0 radical (unpaired) electrons. The molecule has 0 unspecified atom stereocenters. The van der Waals surface area contributed by atoms with E-state index in [9.17, 15) is 0 Å². The van der Waals surface area contributed by atoms with Crippen LogP contribution in [-0.4, -0.2) is 10.9 Å². The summed E-state index contributed by atoms with van der Waals surface area (Å²) in [5.41, 5.74) is 5.44. The zero-order chi connectivity index (χ0) is 14.1. The quantitative estimate of drug-likeness (QED) is 0.595. The molecule has 0 saturated carbocycles. The van der Waals surface area contributed by atoms with Crippen molar-refractivity contribution in [2.75, 3.05) is 0 Å². The molecule has 0 amide bonds. The molecule has 2 aromatic rings. The van der Waals surface area contributed by atoms with Crippen molar-refractivity contribution in [3.05, 3.63) is 69.7 Å². The Kier molecular flexibility index (Phi) is 3.49. The first-order chi connectivity index (χ1) is 9.70. The normalized spacial score (nSPS) is 19.9. The summed E-state index contributed by atoms with van der Waals surface area (Å²) in [4.78, 5) is 0. The van der Waals surface area contributed by atoms with Crippen molar-refractivity contribution >= 4 is 17.3 Å². The molecule has 0 bridgehead atoms. The topological polar surface area (TPSA) is 32.6 Å². The third-order valence-electron chi connectivity index (χ3n) is 4.02. The lowest BCUT2D eigenvalue weighted by Crippen LogP contribution is -2.17. The van der Waals surface area contributed by atoms with Gasteiger partial charge in [0.2, 0.25) is 0 Å². The van der Waals surface area contributed by atoms with Gasteiger partial charge in [0.25, 0.3) is 0 Å². The predicted molar refractivity (Wildman–Crippen MR) is 82.0 cm³/mol. The Labute approximate surface area is 123 Å². The predicted octanol–water partition coefficient (Wildman–Crippen LogP) is 4.75. The third-order valence-corrected chi connectivity index (χ3v) is 4.45. The van der Waals surface area contributed by atoms with Gasteiger partial charge in [-0.3, -0.25) is 0 Å². The molecule has 0 spiro atoms. The number of halogens is 1. The minimum atomic E-state index is 0.340. The van der Waals surface area contributed by atoms with E-state index in [0.29, 0.717) is 5.92 Å². The van der Waals surface area contributed by atoms with Crippen molar-refractivity contribution in [1.29, 1.82) is 0 Å². The first-order valence-corrected chi connectivity index (χ1v) is 7.15. The summed E-state index contributed by atoms with van der Waals surface area (Å²) in [6.07, 6.45) is 1.75. The molecule has 2 nitrogen and oxygen atoms in total. The van der Waals surface area contributed by atoms with Gasteiger partial charge in [0.1, 0.15) is 0 Å². The van der Waals surface area contributed by atoms with E-state index in [1.165, 1.54) is 11.1 Å². The third kappa shape index (κ3) is 2.20. The van der Waals surface area contributed by atoms with Crippen LogP contribution >= 0.6 is 11.6 Å². The van der Waals surface area contributed by atoms with E-state index < -0.39 is 0 Å². The Balaban J connectivity index is 2.09. The van der Waals surface area contributed by atoms with E-state index in [0.717, 1.165) is 34.7 Å². The van der Waals surface area contributed by atoms with Crippen molar-refractivity contribution in [2.45, 2.75) is 25.7 Å². The molecule has 102 valence electrons. The second-order valence-corrected chi connectivity index (χ2v) is 5.64. The first-order valence-electron chi connectivity index (χ1n) is 6.77. The Morgan fingerprint density at radius 3 is 2.75 bits per heavy atom. The Morgan fingerprint density at radius 2 is 2.00 bits per heavy atom. The van der Waals surface area contributed by atoms with Crippen LogP contribution in [0.25, 0.3) is 0 Å². The van der Waals surface area contributed by atoms with Crippen molar-refractivity contribution in [1.82, 2.24) is 0 Å². The fraction of sp³-hybridized carbons (Fsp3) is 0.235. The van der Waals surface area contributed by atoms with Crippen LogP contribution < -0.4 is 0 Å². The zero-order valence-corrected chi connectivity index (χ0v) is 12.1. The van der Waals surface area contributed by atoms with E-state index in [2.05, 4.69) is 23.4 Å². The fourth-order valence-electron chi connectivity index (χ4n) is 2.97. The molecule has 1 atom stereocenters. The van der Waals surface area contributed by atoms with Crippen molar-refractivity contribution < 1.29 is 5.21 Å². The van der Waals surface area contributed by atoms with Gasteiger partial charge in [-0.15, -0.1) is 0 Å². The summed E-state index contributed by atoms with van der Waals surface area (Å²) in [6, 6.07) is 14.4. The summed E-state index contributed by atoms with van der Waals surface area (Å²) < 4.78 is 0. The van der Waals surface area contributed by atoms with Crippen LogP contribution in [0.2, 0.25) is 5.02 Å². The summed E-state index contributed by atoms with van der Waals surface area (Å²) >= 11 is 6.11. The maximum atomic E-state index is 9.15. The van der Waals surface area contributed by atoms with Gasteiger partial charge in [0.15, 0.2) is 0 Å². The van der Waals surface area contributed by atoms with E-state index in [1.54, 1.807) is 0 Å². The summed E-state index contributed by atoms with van der Waals surface area (Å²) in [5.74, 6) is 0.340. The first kappa shape index (κ1) is 13.2. The standard InChI is InChI=1S/C17H16ClNO/c1-11-10-12(6-8-16(11)18)13-7-9-17(19-20)15-5-3-2-4-14(13)15/h2-6,8,10,13,20H,7,9H2,1H3/b19-17+/t13-/m0/s1. The smallest absolute Gasteiger partial charge is 0.0871 e. The molecule has 0 saturated heterocycles. The van der Waals surface area contributed by atoms with Crippen molar-refractivity contribution in [3.8, 4) is 0 Å². The molecular weight excluding hydrogens is 270 g/mol. The number of hydrogen-bond donors (Lipinski definition) is 1. The highest BCUT2D eigenvalue weighted by Crippen LogP contribution is 2.37. The molecule has 3 rings (SSSR count). The lowest BCUT2D eigenvalue weighted by Gasteiger charge is -2.26. The van der Waals surface area contributed by atoms with Crippen molar-refractivity contribution in [2.24, 2.45) is 5.16 Å². The zero-order valence-electron chi connectivity index (χ0n) is 11.3. The Hall–Kier alpha value is -1.80. The van der Waals surface area contributed by atoms with Gasteiger partial charge in [-0.1, -0.05) is 53.2 Å². The maximum Gasteiger partial charge on any atom is 0.0871 e.